The van der Waals surface area contributed by atoms with Gasteiger partial charge in [0.1, 0.15) is 4.66 Å². The van der Waals surface area contributed by atoms with Gasteiger partial charge in [0.15, 0.2) is 5.78 Å². The molecule has 0 spiro atoms. The second-order valence-corrected chi connectivity index (χ2v) is 7.04. The first-order valence-corrected chi connectivity index (χ1v) is 7.59. The Morgan fingerprint density at radius 3 is 2.38 bits per heavy atom. The summed E-state index contributed by atoms with van der Waals surface area (Å²) in [6.45, 7) is 5.61. The largest absolute Gasteiger partial charge is 0.302 e. The van der Waals surface area contributed by atoms with Crippen LogP contribution in [0.25, 0.3) is 12.2 Å². The Bertz CT molecular complexity index is 820. The van der Waals surface area contributed by atoms with Crippen molar-refractivity contribution in [2.75, 3.05) is 0 Å². The van der Waals surface area contributed by atoms with Crippen LogP contribution in [0.2, 0.25) is 0 Å². The number of Topliss-reactive ketones (excluding diaryl/α,β-unsaturated/α-hetero) is 1. The smallest absolute Gasteiger partial charge is 0.268 e. The highest BCUT2D eigenvalue weighted by molar-refractivity contribution is 7.07. The molecule has 0 aliphatic heterocycles. The number of aromatic nitrogens is 1. The zero-order chi connectivity index (χ0) is 15.6. The summed E-state index contributed by atoms with van der Waals surface area (Å²) in [6.07, 6.45) is 3.42. The topological polar surface area (TPSA) is 39.1 Å². The van der Waals surface area contributed by atoms with E-state index in [-0.39, 0.29) is 11.3 Å². The zero-order valence-electron chi connectivity index (χ0n) is 12.7. The van der Waals surface area contributed by atoms with Gasteiger partial charge in [0.2, 0.25) is 0 Å². The fourth-order valence-electron chi connectivity index (χ4n) is 1.74. The highest BCUT2D eigenvalue weighted by Crippen LogP contribution is 2.14. The Kier molecular flexibility index (Phi) is 4.28. The number of thiazole rings is 1. The van der Waals surface area contributed by atoms with Crippen LogP contribution in [0.15, 0.2) is 35.1 Å². The molecule has 4 heteroatoms. The second-order valence-electron chi connectivity index (χ2n) is 5.98. The molecule has 0 fully saturated rings. The maximum Gasteiger partial charge on any atom is 0.268 e. The van der Waals surface area contributed by atoms with E-state index >= 15 is 0 Å². The number of carbonyl (C=O) groups excluding carboxylic acids is 1. The Morgan fingerprint density at radius 2 is 1.81 bits per heavy atom. The molecular formula is C17H19NO2S. The predicted molar refractivity (Wildman–Crippen MR) is 87.7 cm³/mol. The molecule has 3 nitrogen and oxygen atoms in total. The summed E-state index contributed by atoms with van der Waals surface area (Å²) in [6, 6.07) is 9.69. The quantitative estimate of drug-likeness (QED) is 0.846. The average Bonchev–Trinajstić information content (AvgIpc) is 2.67. The lowest BCUT2D eigenvalue weighted by molar-refractivity contribution is -0.120. The molecule has 0 N–H and O–H groups in total. The SMILES string of the molecule is Cn1c(=CC(=O)C(C)(C)C)sc(=Cc2ccccc2)c1=O. The number of hydrogen-bond donors (Lipinski definition) is 0. The van der Waals surface area contributed by atoms with E-state index in [4.69, 9.17) is 0 Å². The summed E-state index contributed by atoms with van der Waals surface area (Å²) < 4.78 is 2.85. The second kappa shape index (κ2) is 5.82. The Balaban J connectivity index is 2.58. The molecule has 1 aromatic carbocycles. The van der Waals surface area contributed by atoms with Gasteiger partial charge in [-0.15, -0.1) is 11.3 Å². The lowest BCUT2D eigenvalue weighted by atomic mass is 9.91. The molecule has 21 heavy (non-hydrogen) atoms. The average molecular weight is 301 g/mol. The number of benzene rings is 1. The molecule has 0 radical (unpaired) electrons. The molecular weight excluding hydrogens is 282 g/mol. The van der Waals surface area contributed by atoms with E-state index in [0.717, 1.165) is 5.56 Å². The third kappa shape index (κ3) is 3.58. The van der Waals surface area contributed by atoms with Gasteiger partial charge in [-0.1, -0.05) is 51.1 Å². The standard InChI is InChI=1S/C17H19NO2S/c1-17(2,3)14(19)11-15-18(4)16(20)13(21-15)10-12-8-6-5-7-9-12/h5-11H,1-4H3. The fourth-order valence-corrected chi connectivity index (χ4v) is 2.77. The van der Waals surface area contributed by atoms with Crippen LogP contribution in [0.4, 0.5) is 0 Å². The Hall–Kier alpha value is -1.94. The summed E-state index contributed by atoms with van der Waals surface area (Å²) >= 11 is 1.34. The molecule has 0 aliphatic carbocycles. The van der Waals surface area contributed by atoms with E-state index in [9.17, 15) is 9.59 Å². The van der Waals surface area contributed by atoms with Crippen LogP contribution in [0.1, 0.15) is 26.3 Å². The third-order valence-electron chi connectivity index (χ3n) is 3.15. The highest BCUT2D eigenvalue weighted by atomic mass is 32.1. The molecule has 0 saturated heterocycles. The van der Waals surface area contributed by atoms with Crippen LogP contribution in [0, 0.1) is 5.41 Å². The van der Waals surface area contributed by atoms with E-state index in [1.54, 1.807) is 13.1 Å². The number of hydrogen-bond acceptors (Lipinski definition) is 3. The lowest BCUT2D eigenvalue weighted by Crippen LogP contribution is -2.30. The minimum atomic E-state index is -0.441. The minimum absolute atomic E-state index is 0.0191. The van der Waals surface area contributed by atoms with Crippen LogP contribution in [-0.4, -0.2) is 10.4 Å². The zero-order valence-corrected chi connectivity index (χ0v) is 13.5. The first kappa shape index (κ1) is 15.4. The van der Waals surface area contributed by atoms with Gasteiger partial charge >= 0.3 is 0 Å². The van der Waals surface area contributed by atoms with Crippen LogP contribution in [0.5, 0.6) is 0 Å². The van der Waals surface area contributed by atoms with E-state index in [1.807, 2.05) is 57.2 Å². The minimum Gasteiger partial charge on any atom is -0.302 e. The summed E-state index contributed by atoms with van der Waals surface area (Å²) in [7, 11) is 1.70. The van der Waals surface area contributed by atoms with Crippen molar-refractivity contribution < 1.29 is 4.79 Å². The molecule has 0 unspecified atom stereocenters. The number of carbonyl (C=O) groups is 1. The van der Waals surface area contributed by atoms with Gasteiger partial charge in [0, 0.05) is 18.5 Å². The van der Waals surface area contributed by atoms with Crippen LogP contribution in [0.3, 0.4) is 0 Å². The van der Waals surface area contributed by atoms with Crippen molar-refractivity contribution in [1.82, 2.24) is 4.57 Å². The maximum atomic E-state index is 12.2. The Labute approximate surface area is 127 Å². The molecule has 0 saturated carbocycles. The van der Waals surface area contributed by atoms with E-state index < -0.39 is 5.41 Å². The molecule has 1 aromatic heterocycles. The fraction of sp³-hybridized carbons (Fsp3) is 0.294. The van der Waals surface area contributed by atoms with Gasteiger partial charge in [-0.2, -0.15) is 0 Å². The molecule has 2 rings (SSSR count). The molecule has 110 valence electrons. The van der Waals surface area contributed by atoms with Crippen LogP contribution < -0.4 is 14.8 Å². The summed E-state index contributed by atoms with van der Waals surface area (Å²) in [5.41, 5.74) is 0.463. The summed E-state index contributed by atoms with van der Waals surface area (Å²) in [4.78, 5) is 24.3. The van der Waals surface area contributed by atoms with Gasteiger partial charge in [-0.05, 0) is 11.6 Å². The van der Waals surface area contributed by atoms with Crippen LogP contribution >= 0.6 is 11.3 Å². The first-order valence-electron chi connectivity index (χ1n) is 6.78. The molecule has 0 atom stereocenters. The van der Waals surface area contributed by atoms with E-state index in [2.05, 4.69) is 0 Å². The van der Waals surface area contributed by atoms with Gasteiger partial charge in [-0.3, -0.25) is 9.59 Å². The lowest BCUT2D eigenvalue weighted by Gasteiger charge is -2.12. The van der Waals surface area contributed by atoms with Crippen molar-refractivity contribution in [2.24, 2.45) is 12.5 Å². The normalized spacial score (nSPS) is 13.7. The van der Waals surface area contributed by atoms with Gasteiger partial charge < -0.3 is 4.57 Å². The van der Waals surface area contributed by atoms with Crippen molar-refractivity contribution >= 4 is 29.3 Å². The van der Waals surface area contributed by atoms with Gasteiger partial charge in [0.05, 0.1) is 4.53 Å². The van der Waals surface area contributed by atoms with Crippen molar-refractivity contribution in [2.45, 2.75) is 20.8 Å². The monoisotopic (exact) mass is 301 g/mol. The third-order valence-corrected chi connectivity index (χ3v) is 4.26. The van der Waals surface area contributed by atoms with Crippen molar-refractivity contribution in [1.29, 1.82) is 0 Å². The van der Waals surface area contributed by atoms with Gasteiger partial charge in [0.25, 0.3) is 5.56 Å². The van der Waals surface area contributed by atoms with Gasteiger partial charge in [-0.25, -0.2) is 0 Å². The van der Waals surface area contributed by atoms with E-state index in [0.29, 0.717) is 9.20 Å². The van der Waals surface area contributed by atoms with Crippen LogP contribution in [-0.2, 0) is 11.8 Å². The van der Waals surface area contributed by atoms with Crippen molar-refractivity contribution in [3.05, 3.63) is 55.4 Å². The molecule has 2 aromatic rings. The molecule has 0 bridgehead atoms. The number of rotatable bonds is 2. The molecule has 0 aliphatic rings. The Morgan fingerprint density at radius 1 is 1.19 bits per heavy atom. The number of ketones is 1. The number of nitrogens with zero attached hydrogens (tertiary/aromatic N) is 1. The summed E-state index contributed by atoms with van der Waals surface area (Å²) in [5.74, 6) is 0.0191. The predicted octanol–water partition coefficient (Wildman–Crippen LogP) is 1.67. The summed E-state index contributed by atoms with van der Waals surface area (Å²) in [5, 5.41) is 0. The first-order chi connectivity index (χ1) is 9.79. The highest BCUT2D eigenvalue weighted by Gasteiger charge is 2.19. The van der Waals surface area contributed by atoms with E-state index in [1.165, 1.54) is 15.9 Å². The molecule has 1 heterocycles. The molecule has 0 amide bonds. The van der Waals surface area contributed by atoms with Crippen molar-refractivity contribution in [3.8, 4) is 0 Å². The van der Waals surface area contributed by atoms with Crippen molar-refractivity contribution in [3.63, 3.8) is 0 Å². The maximum absolute atomic E-state index is 12.2.